The summed E-state index contributed by atoms with van der Waals surface area (Å²) in [5.74, 6) is 0.171. The summed E-state index contributed by atoms with van der Waals surface area (Å²) in [5, 5.41) is 0. The summed E-state index contributed by atoms with van der Waals surface area (Å²) in [6.45, 7) is 3.50. The smallest absolute Gasteiger partial charge is 0.172 e. The second-order valence-electron chi connectivity index (χ2n) is 6.86. The van der Waals surface area contributed by atoms with Crippen LogP contribution >= 0.6 is 0 Å². The van der Waals surface area contributed by atoms with Gasteiger partial charge in [0, 0.05) is 23.6 Å². The van der Waals surface area contributed by atoms with Crippen molar-refractivity contribution in [3.63, 3.8) is 0 Å². The highest BCUT2D eigenvalue weighted by Gasteiger charge is 2.13. The Morgan fingerprint density at radius 1 is 0.964 bits per heavy atom. The van der Waals surface area contributed by atoms with E-state index in [1.807, 2.05) is 0 Å². The first kappa shape index (κ1) is 21.7. The fourth-order valence-electron chi connectivity index (χ4n) is 2.84. The van der Waals surface area contributed by atoms with Crippen molar-refractivity contribution in [2.45, 2.75) is 33.1 Å². The number of benzene rings is 2. The molecule has 0 spiro atoms. The van der Waals surface area contributed by atoms with Gasteiger partial charge in [0.1, 0.15) is 24.0 Å². The van der Waals surface area contributed by atoms with Crippen LogP contribution in [0.1, 0.15) is 31.4 Å². The van der Waals surface area contributed by atoms with Gasteiger partial charge < -0.3 is 14.2 Å². The Hall–Kier alpha value is -2.63. The summed E-state index contributed by atoms with van der Waals surface area (Å²) in [5.41, 5.74) is 1.43. The van der Waals surface area contributed by atoms with E-state index >= 15 is 0 Å². The van der Waals surface area contributed by atoms with Crippen LogP contribution in [-0.4, -0.2) is 26.6 Å². The van der Waals surface area contributed by atoms with Gasteiger partial charge in [0.05, 0.1) is 14.2 Å². The van der Waals surface area contributed by atoms with Gasteiger partial charge in [-0.3, -0.25) is 4.79 Å². The van der Waals surface area contributed by atoms with Crippen molar-refractivity contribution in [1.82, 2.24) is 0 Å². The fraction of sp³-hybridized carbons (Fsp3) is 0.409. The number of ether oxygens (including phenoxy) is 3. The molecule has 0 aromatic heterocycles. The highest BCUT2D eigenvalue weighted by Crippen LogP contribution is 2.33. The summed E-state index contributed by atoms with van der Waals surface area (Å²) in [4.78, 5) is 11.7. The maximum absolute atomic E-state index is 13.9. The molecule has 0 unspecified atom stereocenters. The molecule has 0 saturated heterocycles. The largest absolute Gasteiger partial charge is 0.493 e. The van der Waals surface area contributed by atoms with Crippen molar-refractivity contribution < 1.29 is 27.8 Å². The highest BCUT2D eigenvalue weighted by atomic mass is 19.1. The second-order valence-corrected chi connectivity index (χ2v) is 6.86. The average molecular weight is 392 g/mol. The molecule has 0 aliphatic carbocycles. The number of carbonyl (C=O) groups excluding carboxylic acids is 1. The number of carbonyl (C=O) groups is 1. The van der Waals surface area contributed by atoms with Crippen molar-refractivity contribution in [1.29, 1.82) is 0 Å². The third-order valence-corrected chi connectivity index (χ3v) is 4.39. The Bertz CT molecular complexity index is 818. The SMILES string of the molecule is COc1cc(F)cc(CCCc2cc(F)cc(OCC(=O)C(C)C)c2)c1OC. The van der Waals surface area contributed by atoms with Crippen LogP contribution < -0.4 is 14.2 Å². The molecule has 2 aromatic rings. The molecular formula is C22H26F2O4. The molecule has 0 aliphatic heterocycles. The molecule has 0 radical (unpaired) electrons. The summed E-state index contributed by atoms with van der Waals surface area (Å²) >= 11 is 0. The van der Waals surface area contributed by atoms with Crippen LogP contribution in [0.25, 0.3) is 0 Å². The van der Waals surface area contributed by atoms with Crippen molar-refractivity contribution in [3.05, 3.63) is 53.1 Å². The van der Waals surface area contributed by atoms with Crippen molar-refractivity contribution in [3.8, 4) is 17.2 Å². The number of hydrogen-bond donors (Lipinski definition) is 0. The maximum atomic E-state index is 13.9. The van der Waals surface area contributed by atoms with Crippen LogP contribution in [0.2, 0.25) is 0 Å². The number of halogens is 2. The van der Waals surface area contributed by atoms with Gasteiger partial charge in [-0.25, -0.2) is 8.78 Å². The molecule has 152 valence electrons. The first-order valence-corrected chi connectivity index (χ1v) is 9.19. The van der Waals surface area contributed by atoms with Gasteiger partial charge in [-0.05, 0) is 43.0 Å². The molecule has 2 aromatic carbocycles. The number of rotatable bonds is 10. The van der Waals surface area contributed by atoms with Crippen molar-refractivity contribution in [2.75, 3.05) is 20.8 Å². The fourth-order valence-corrected chi connectivity index (χ4v) is 2.84. The first-order valence-electron chi connectivity index (χ1n) is 9.19. The zero-order valence-corrected chi connectivity index (χ0v) is 16.7. The molecule has 0 fully saturated rings. The second kappa shape index (κ2) is 10.1. The summed E-state index contributed by atoms with van der Waals surface area (Å²) in [7, 11) is 2.97. The van der Waals surface area contributed by atoms with E-state index in [1.54, 1.807) is 19.9 Å². The Morgan fingerprint density at radius 3 is 2.32 bits per heavy atom. The molecule has 4 nitrogen and oxygen atoms in total. The Kier molecular flexibility index (Phi) is 7.79. The third-order valence-electron chi connectivity index (χ3n) is 4.39. The highest BCUT2D eigenvalue weighted by molar-refractivity contribution is 5.81. The van der Waals surface area contributed by atoms with E-state index in [-0.39, 0.29) is 18.3 Å². The molecule has 0 N–H and O–H groups in total. The number of Topliss-reactive ketones (excluding diaryl/α,β-unsaturated/α-hetero) is 1. The Morgan fingerprint density at radius 2 is 1.68 bits per heavy atom. The molecule has 0 amide bonds. The van der Waals surface area contributed by atoms with Crippen LogP contribution in [-0.2, 0) is 17.6 Å². The van der Waals surface area contributed by atoms with Gasteiger partial charge in [-0.2, -0.15) is 0 Å². The molecule has 6 heteroatoms. The summed E-state index contributed by atoms with van der Waals surface area (Å²) < 4.78 is 43.6. The minimum absolute atomic E-state index is 0.0436. The minimum atomic E-state index is -0.422. The van der Waals surface area contributed by atoms with Crippen molar-refractivity contribution in [2.24, 2.45) is 5.92 Å². The molecule has 0 aliphatic rings. The molecule has 0 saturated carbocycles. The summed E-state index contributed by atoms with van der Waals surface area (Å²) in [6.07, 6.45) is 1.75. The lowest BCUT2D eigenvalue weighted by Crippen LogP contribution is -2.16. The van der Waals surface area contributed by atoms with Crippen LogP contribution in [0, 0.1) is 17.6 Å². The number of hydrogen-bond acceptors (Lipinski definition) is 4. The Labute approximate surface area is 164 Å². The lowest BCUT2D eigenvalue weighted by molar-refractivity contribution is -0.123. The lowest BCUT2D eigenvalue weighted by atomic mass is 10.0. The topological polar surface area (TPSA) is 44.8 Å². The third kappa shape index (κ3) is 5.94. The normalized spacial score (nSPS) is 10.8. The van der Waals surface area contributed by atoms with E-state index < -0.39 is 11.6 Å². The number of ketones is 1. The maximum Gasteiger partial charge on any atom is 0.172 e. The van der Waals surface area contributed by atoms with E-state index in [2.05, 4.69) is 0 Å². The van der Waals surface area contributed by atoms with Crippen LogP contribution in [0.4, 0.5) is 8.78 Å². The van der Waals surface area contributed by atoms with Crippen LogP contribution in [0.15, 0.2) is 30.3 Å². The van der Waals surface area contributed by atoms with E-state index in [0.717, 1.165) is 5.56 Å². The average Bonchev–Trinajstić information content (AvgIpc) is 2.65. The van der Waals surface area contributed by atoms with Gasteiger partial charge in [0.25, 0.3) is 0 Å². The predicted molar refractivity (Wildman–Crippen MR) is 103 cm³/mol. The van der Waals surface area contributed by atoms with Gasteiger partial charge >= 0.3 is 0 Å². The molecule has 0 atom stereocenters. The van der Waals surface area contributed by atoms with E-state index in [9.17, 15) is 13.6 Å². The lowest BCUT2D eigenvalue weighted by Gasteiger charge is -2.13. The molecule has 0 bridgehead atoms. The molecule has 28 heavy (non-hydrogen) atoms. The molecule has 2 rings (SSSR count). The van der Waals surface area contributed by atoms with Gasteiger partial charge in [-0.1, -0.05) is 13.8 Å². The summed E-state index contributed by atoms with van der Waals surface area (Å²) in [6, 6.07) is 7.11. The molecule has 0 heterocycles. The first-order chi connectivity index (χ1) is 13.3. The van der Waals surface area contributed by atoms with Gasteiger partial charge in [-0.15, -0.1) is 0 Å². The minimum Gasteiger partial charge on any atom is -0.493 e. The van der Waals surface area contributed by atoms with E-state index in [0.29, 0.717) is 42.1 Å². The molecular weight excluding hydrogens is 366 g/mol. The number of methoxy groups -OCH3 is 2. The van der Waals surface area contributed by atoms with Gasteiger partial charge in [0.15, 0.2) is 17.3 Å². The zero-order chi connectivity index (χ0) is 20.7. The van der Waals surface area contributed by atoms with Crippen LogP contribution in [0.3, 0.4) is 0 Å². The van der Waals surface area contributed by atoms with Gasteiger partial charge in [0.2, 0.25) is 0 Å². The number of aryl methyl sites for hydroxylation is 2. The van der Waals surface area contributed by atoms with Crippen molar-refractivity contribution >= 4 is 5.78 Å². The quantitative estimate of drug-likeness (QED) is 0.585. The standard InChI is InChI=1S/C22H26F2O4/c1-14(2)20(25)13-28-19-9-15(8-17(23)11-19)6-5-7-16-10-18(24)12-21(26-3)22(16)27-4/h8-12,14H,5-7,13H2,1-4H3. The van der Waals surface area contributed by atoms with E-state index in [4.69, 9.17) is 14.2 Å². The Balaban J connectivity index is 2.03. The predicted octanol–water partition coefficient (Wildman–Crippen LogP) is 4.76. The monoisotopic (exact) mass is 392 g/mol. The van der Waals surface area contributed by atoms with Crippen LogP contribution in [0.5, 0.6) is 17.2 Å². The zero-order valence-electron chi connectivity index (χ0n) is 16.7. The van der Waals surface area contributed by atoms with E-state index in [1.165, 1.54) is 38.5 Å².